The van der Waals surface area contributed by atoms with Gasteiger partial charge in [-0.3, -0.25) is 0 Å². The van der Waals surface area contributed by atoms with Crippen molar-refractivity contribution in [3.8, 4) is 5.88 Å². The van der Waals surface area contributed by atoms with E-state index in [1.54, 1.807) is 0 Å². The minimum atomic E-state index is 0.156. The van der Waals surface area contributed by atoms with Gasteiger partial charge in [0, 0.05) is 0 Å². The fraction of sp³-hybridized carbons (Fsp3) is 0.400. The molecule has 0 radical (unpaired) electrons. The number of hydrogen-bond acceptors (Lipinski definition) is 5. The second-order valence-corrected chi connectivity index (χ2v) is 1.59. The van der Waals surface area contributed by atoms with Crippen molar-refractivity contribution in [2.24, 2.45) is 0 Å². The summed E-state index contributed by atoms with van der Waals surface area (Å²) in [4.78, 5) is 3.68. The number of nitrogens with zero attached hydrogens (tertiary/aromatic N) is 3. The van der Waals surface area contributed by atoms with Gasteiger partial charge in [-0.2, -0.15) is 0 Å². The Bertz CT molecular complexity index is 197. The van der Waals surface area contributed by atoms with Crippen LogP contribution < -0.4 is 10.5 Å². The molecule has 0 aliphatic carbocycles. The molecule has 1 aromatic rings. The molecule has 5 heteroatoms. The maximum absolute atomic E-state index is 5.18. The smallest absolute Gasteiger partial charge is 0.252 e. The van der Waals surface area contributed by atoms with Gasteiger partial charge in [0.2, 0.25) is 5.95 Å². The molecule has 0 aromatic carbocycles. The van der Waals surface area contributed by atoms with Gasteiger partial charge in [-0.25, -0.2) is 4.98 Å². The van der Waals surface area contributed by atoms with E-state index >= 15 is 0 Å². The molecule has 1 rings (SSSR count). The summed E-state index contributed by atoms with van der Waals surface area (Å²) >= 11 is 0. The molecule has 0 spiro atoms. The van der Waals surface area contributed by atoms with Gasteiger partial charge in [-0.15, -0.1) is 10.2 Å². The number of rotatable bonds is 2. The molecule has 0 fully saturated rings. The van der Waals surface area contributed by atoms with E-state index in [-0.39, 0.29) is 5.95 Å². The lowest BCUT2D eigenvalue weighted by Crippen LogP contribution is -2.00. The van der Waals surface area contributed by atoms with Crippen LogP contribution in [0, 0.1) is 0 Å². The van der Waals surface area contributed by atoms with Gasteiger partial charge in [0.05, 0.1) is 12.8 Å². The lowest BCUT2D eigenvalue weighted by molar-refractivity contribution is 0.321. The molecule has 0 saturated carbocycles. The third-order valence-electron chi connectivity index (χ3n) is 0.850. The fourth-order valence-corrected chi connectivity index (χ4v) is 0.488. The Kier molecular flexibility index (Phi) is 1.99. The number of ether oxygens (including phenoxy) is 1. The predicted octanol–water partition coefficient (Wildman–Crippen LogP) is -0.148. The van der Waals surface area contributed by atoms with E-state index in [0.717, 1.165) is 0 Å². The van der Waals surface area contributed by atoms with E-state index in [1.165, 1.54) is 6.20 Å². The Morgan fingerprint density at radius 1 is 1.60 bits per heavy atom. The summed E-state index contributed by atoms with van der Waals surface area (Å²) in [5.74, 6) is 0.556. The lowest BCUT2D eigenvalue weighted by atomic mass is 10.8. The first-order valence-corrected chi connectivity index (χ1v) is 2.91. The van der Waals surface area contributed by atoms with Crippen molar-refractivity contribution in [1.29, 1.82) is 0 Å². The largest absolute Gasteiger partial charge is 0.476 e. The molecule has 0 aliphatic rings. The molecular weight excluding hydrogens is 132 g/mol. The van der Waals surface area contributed by atoms with E-state index in [9.17, 15) is 0 Å². The van der Waals surface area contributed by atoms with Crippen LogP contribution in [-0.2, 0) is 0 Å². The van der Waals surface area contributed by atoms with Crippen LogP contribution >= 0.6 is 0 Å². The van der Waals surface area contributed by atoms with Crippen molar-refractivity contribution in [2.45, 2.75) is 6.92 Å². The molecule has 0 bridgehead atoms. The molecule has 0 aliphatic heterocycles. The Morgan fingerprint density at radius 2 is 2.40 bits per heavy atom. The Hall–Kier alpha value is -1.39. The van der Waals surface area contributed by atoms with E-state index in [4.69, 9.17) is 10.5 Å². The third-order valence-corrected chi connectivity index (χ3v) is 0.850. The maximum Gasteiger partial charge on any atom is 0.252 e. The van der Waals surface area contributed by atoms with Crippen molar-refractivity contribution in [3.05, 3.63) is 6.20 Å². The minimum Gasteiger partial charge on any atom is -0.476 e. The van der Waals surface area contributed by atoms with Crippen LogP contribution in [0.15, 0.2) is 6.20 Å². The predicted molar refractivity (Wildman–Crippen MR) is 35.4 cm³/mol. The Balaban J connectivity index is 2.69. The molecule has 54 valence electrons. The average Bonchev–Trinajstić information content (AvgIpc) is 1.95. The SMILES string of the molecule is CCOc1cnc(N)nn1. The van der Waals surface area contributed by atoms with E-state index in [2.05, 4.69) is 15.2 Å². The summed E-state index contributed by atoms with van der Waals surface area (Å²) in [6.07, 6.45) is 1.44. The molecule has 0 saturated heterocycles. The van der Waals surface area contributed by atoms with Gasteiger partial charge in [0.1, 0.15) is 0 Å². The summed E-state index contributed by atoms with van der Waals surface area (Å²) in [5.41, 5.74) is 5.18. The van der Waals surface area contributed by atoms with E-state index in [0.29, 0.717) is 12.5 Å². The first kappa shape index (κ1) is 6.73. The second-order valence-electron chi connectivity index (χ2n) is 1.59. The highest BCUT2D eigenvalue weighted by molar-refractivity contribution is 5.13. The van der Waals surface area contributed by atoms with Crippen LogP contribution in [0.1, 0.15) is 6.92 Å². The molecule has 5 nitrogen and oxygen atoms in total. The van der Waals surface area contributed by atoms with Crippen LogP contribution in [0.4, 0.5) is 5.95 Å². The van der Waals surface area contributed by atoms with E-state index < -0.39 is 0 Å². The van der Waals surface area contributed by atoms with Gasteiger partial charge in [0.25, 0.3) is 5.88 Å². The third kappa shape index (κ3) is 1.54. The topological polar surface area (TPSA) is 73.9 Å². The lowest BCUT2D eigenvalue weighted by Gasteiger charge is -1.97. The highest BCUT2D eigenvalue weighted by Gasteiger charge is 1.93. The van der Waals surface area contributed by atoms with Crippen molar-refractivity contribution in [3.63, 3.8) is 0 Å². The molecule has 1 heterocycles. The van der Waals surface area contributed by atoms with Gasteiger partial charge >= 0.3 is 0 Å². The second kappa shape index (κ2) is 2.95. The first-order chi connectivity index (χ1) is 4.83. The number of nitrogens with two attached hydrogens (primary N) is 1. The molecule has 10 heavy (non-hydrogen) atoms. The number of nitrogen functional groups attached to an aromatic ring is 1. The monoisotopic (exact) mass is 140 g/mol. The molecule has 0 amide bonds. The first-order valence-electron chi connectivity index (χ1n) is 2.91. The molecular formula is C5H8N4O. The summed E-state index contributed by atoms with van der Waals surface area (Å²) in [7, 11) is 0. The van der Waals surface area contributed by atoms with Crippen LogP contribution in [0.25, 0.3) is 0 Å². The summed E-state index contributed by atoms with van der Waals surface area (Å²) in [5, 5.41) is 7.10. The molecule has 1 aromatic heterocycles. The maximum atomic E-state index is 5.18. The minimum absolute atomic E-state index is 0.156. The quantitative estimate of drug-likeness (QED) is 0.618. The van der Waals surface area contributed by atoms with Crippen molar-refractivity contribution in [1.82, 2.24) is 15.2 Å². The molecule has 0 unspecified atom stereocenters. The van der Waals surface area contributed by atoms with Crippen LogP contribution in [0.3, 0.4) is 0 Å². The summed E-state index contributed by atoms with van der Waals surface area (Å²) < 4.78 is 4.97. The summed E-state index contributed by atoms with van der Waals surface area (Å²) in [6, 6.07) is 0. The van der Waals surface area contributed by atoms with Crippen LogP contribution in [-0.4, -0.2) is 21.8 Å². The Morgan fingerprint density at radius 3 is 2.90 bits per heavy atom. The molecule has 2 N–H and O–H groups in total. The number of anilines is 1. The highest BCUT2D eigenvalue weighted by Crippen LogP contribution is 2.00. The van der Waals surface area contributed by atoms with Gasteiger partial charge in [-0.1, -0.05) is 0 Å². The summed E-state index contributed by atoms with van der Waals surface area (Å²) in [6.45, 7) is 2.41. The zero-order valence-electron chi connectivity index (χ0n) is 5.61. The average molecular weight is 140 g/mol. The zero-order valence-corrected chi connectivity index (χ0v) is 5.61. The number of aromatic nitrogens is 3. The van der Waals surface area contributed by atoms with Crippen molar-refractivity contribution < 1.29 is 4.74 Å². The van der Waals surface area contributed by atoms with Crippen molar-refractivity contribution in [2.75, 3.05) is 12.3 Å². The normalized spacial score (nSPS) is 9.30. The van der Waals surface area contributed by atoms with Gasteiger partial charge in [-0.05, 0) is 6.92 Å². The van der Waals surface area contributed by atoms with Crippen LogP contribution in [0.2, 0.25) is 0 Å². The van der Waals surface area contributed by atoms with Crippen molar-refractivity contribution >= 4 is 5.95 Å². The van der Waals surface area contributed by atoms with E-state index in [1.807, 2.05) is 6.92 Å². The Labute approximate surface area is 58.2 Å². The van der Waals surface area contributed by atoms with Gasteiger partial charge in [0.15, 0.2) is 0 Å². The van der Waals surface area contributed by atoms with Crippen LogP contribution in [0.5, 0.6) is 5.88 Å². The standard InChI is InChI=1S/C5H8N4O/c1-2-10-4-3-7-5(6)9-8-4/h3H,2H2,1H3,(H2,6,7,9). The van der Waals surface area contributed by atoms with Gasteiger partial charge < -0.3 is 10.5 Å². The number of hydrogen-bond donors (Lipinski definition) is 1. The highest BCUT2D eigenvalue weighted by atomic mass is 16.5. The zero-order chi connectivity index (χ0) is 7.40. The molecule has 0 atom stereocenters. The fourth-order valence-electron chi connectivity index (χ4n) is 0.488.